The highest BCUT2D eigenvalue weighted by Gasteiger charge is 2.15. The monoisotopic (exact) mass is 255 g/mol. The number of carbonyl (C=O) groups excluding carboxylic acids is 1. The van der Waals surface area contributed by atoms with E-state index in [-0.39, 0.29) is 5.91 Å². The van der Waals surface area contributed by atoms with Gasteiger partial charge < -0.3 is 14.5 Å². The Kier molecular flexibility index (Phi) is 4.94. The summed E-state index contributed by atoms with van der Waals surface area (Å²) in [6.45, 7) is 1.51. The molecule has 2 rings (SSSR count). The normalized spacial score (nSPS) is 16.9. The molecule has 0 aliphatic carbocycles. The zero-order valence-electron chi connectivity index (χ0n) is 9.69. The summed E-state index contributed by atoms with van der Waals surface area (Å²) in [4.78, 5) is 11.6. The van der Waals surface area contributed by atoms with Crippen LogP contribution in [0.1, 0.15) is 18.6 Å². The van der Waals surface area contributed by atoms with Crippen LogP contribution in [-0.4, -0.2) is 30.9 Å². The van der Waals surface area contributed by atoms with Crippen LogP contribution in [0.4, 0.5) is 0 Å². The SMILES string of the molecule is O=C(CSCc1ccco1)NC1CCOCC1. The van der Waals surface area contributed by atoms with E-state index in [0.717, 1.165) is 37.6 Å². The van der Waals surface area contributed by atoms with Crippen molar-refractivity contribution in [2.24, 2.45) is 0 Å². The van der Waals surface area contributed by atoms with E-state index in [4.69, 9.17) is 9.15 Å². The zero-order chi connectivity index (χ0) is 11.9. The van der Waals surface area contributed by atoms with Crippen molar-refractivity contribution in [3.05, 3.63) is 24.2 Å². The van der Waals surface area contributed by atoms with Crippen LogP contribution in [0.2, 0.25) is 0 Å². The number of thioether (sulfide) groups is 1. The van der Waals surface area contributed by atoms with E-state index in [1.54, 1.807) is 18.0 Å². The molecule has 1 aliphatic rings. The fourth-order valence-electron chi connectivity index (χ4n) is 1.75. The molecule has 4 nitrogen and oxygen atoms in total. The van der Waals surface area contributed by atoms with Crippen molar-refractivity contribution in [1.29, 1.82) is 0 Å². The van der Waals surface area contributed by atoms with Crippen LogP contribution in [0, 0.1) is 0 Å². The number of furan rings is 1. The van der Waals surface area contributed by atoms with Gasteiger partial charge in [-0.2, -0.15) is 0 Å². The van der Waals surface area contributed by atoms with Gasteiger partial charge in [-0.25, -0.2) is 0 Å². The first-order valence-electron chi connectivity index (χ1n) is 5.82. The molecule has 0 atom stereocenters. The molecule has 0 aromatic carbocycles. The molecule has 1 amide bonds. The number of hydrogen-bond donors (Lipinski definition) is 1. The maximum absolute atomic E-state index is 11.6. The van der Waals surface area contributed by atoms with E-state index in [1.807, 2.05) is 12.1 Å². The lowest BCUT2D eigenvalue weighted by molar-refractivity contribution is -0.119. The minimum Gasteiger partial charge on any atom is -0.468 e. The average molecular weight is 255 g/mol. The molecular formula is C12H17NO3S. The third-order valence-corrected chi connectivity index (χ3v) is 3.60. The van der Waals surface area contributed by atoms with Crippen molar-refractivity contribution in [2.45, 2.75) is 24.6 Å². The molecular weight excluding hydrogens is 238 g/mol. The van der Waals surface area contributed by atoms with Gasteiger partial charge in [-0.15, -0.1) is 11.8 Å². The van der Waals surface area contributed by atoms with E-state index in [0.29, 0.717) is 11.8 Å². The van der Waals surface area contributed by atoms with Gasteiger partial charge >= 0.3 is 0 Å². The zero-order valence-corrected chi connectivity index (χ0v) is 10.5. The Morgan fingerprint density at radius 3 is 3.00 bits per heavy atom. The van der Waals surface area contributed by atoms with Crippen molar-refractivity contribution < 1.29 is 13.9 Å². The number of rotatable bonds is 5. The summed E-state index contributed by atoms with van der Waals surface area (Å²) in [6, 6.07) is 4.07. The number of ether oxygens (including phenoxy) is 1. The summed E-state index contributed by atoms with van der Waals surface area (Å²) in [5, 5.41) is 3.03. The van der Waals surface area contributed by atoms with Crippen LogP contribution in [0.15, 0.2) is 22.8 Å². The molecule has 1 aromatic rings. The first kappa shape index (κ1) is 12.5. The molecule has 0 spiro atoms. The first-order chi connectivity index (χ1) is 8.34. The second-order valence-corrected chi connectivity index (χ2v) is 5.01. The van der Waals surface area contributed by atoms with E-state index >= 15 is 0 Å². The second-order valence-electron chi connectivity index (χ2n) is 4.03. The van der Waals surface area contributed by atoms with Gasteiger partial charge in [0, 0.05) is 19.3 Å². The molecule has 5 heteroatoms. The molecule has 1 N–H and O–H groups in total. The fraction of sp³-hybridized carbons (Fsp3) is 0.583. The fourth-order valence-corrected chi connectivity index (χ4v) is 2.49. The molecule has 1 aliphatic heterocycles. The van der Waals surface area contributed by atoms with E-state index in [2.05, 4.69) is 5.32 Å². The van der Waals surface area contributed by atoms with Crippen molar-refractivity contribution in [3.8, 4) is 0 Å². The summed E-state index contributed by atoms with van der Waals surface area (Å²) < 4.78 is 10.4. The molecule has 1 aromatic heterocycles. The summed E-state index contributed by atoms with van der Waals surface area (Å²) >= 11 is 1.57. The Morgan fingerprint density at radius 1 is 1.47 bits per heavy atom. The smallest absolute Gasteiger partial charge is 0.230 e. The summed E-state index contributed by atoms with van der Waals surface area (Å²) in [5.41, 5.74) is 0. The molecule has 17 heavy (non-hydrogen) atoms. The van der Waals surface area contributed by atoms with Crippen LogP contribution in [0.3, 0.4) is 0 Å². The summed E-state index contributed by atoms with van der Waals surface area (Å²) in [6.07, 6.45) is 3.50. The van der Waals surface area contributed by atoms with Crippen LogP contribution in [0.25, 0.3) is 0 Å². The Labute approximate surface area is 105 Å². The third-order valence-electron chi connectivity index (χ3n) is 2.64. The predicted molar refractivity (Wildman–Crippen MR) is 66.9 cm³/mol. The lowest BCUT2D eigenvalue weighted by atomic mass is 10.1. The lowest BCUT2D eigenvalue weighted by Gasteiger charge is -2.22. The molecule has 0 saturated carbocycles. The summed E-state index contributed by atoms with van der Waals surface area (Å²) in [7, 11) is 0. The Morgan fingerprint density at radius 2 is 2.29 bits per heavy atom. The predicted octanol–water partition coefficient (Wildman–Crippen LogP) is 1.81. The topological polar surface area (TPSA) is 51.5 Å². The highest BCUT2D eigenvalue weighted by Crippen LogP contribution is 2.12. The highest BCUT2D eigenvalue weighted by molar-refractivity contribution is 7.99. The standard InChI is InChI=1S/C12H17NO3S/c14-12(13-10-3-6-15-7-4-10)9-17-8-11-2-1-5-16-11/h1-2,5,10H,3-4,6-9H2,(H,13,14). The quantitative estimate of drug-likeness (QED) is 0.871. The molecule has 0 bridgehead atoms. The van der Waals surface area contributed by atoms with Gasteiger partial charge in [-0.3, -0.25) is 4.79 Å². The highest BCUT2D eigenvalue weighted by atomic mass is 32.2. The largest absolute Gasteiger partial charge is 0.468 e. The lowest BCUT2D eigenvalue weighted by Crippen LogP contribution is -2.39. The summed E-state index contributed by atoms with van der Waals surface area (Å²) in [5.74, 6) is 2.24. The number of carbonyl (C=O) groups is 1. The first-order valence-corrected chi connectivity index (χ1v) is 6.97. The second kappa shape index (κ2) is 6.71. The molecule has 1 saturated heterocycles. The molecule has 1 fully saturated rings. The Bertz CT molecular complexity index is 334. The van der Waals surface area contributed by atoms with Crippen LogP contribution in [-0.2, 0) is 15.3 Å². The number of nitrogens with one attached hydrogen (secondary N) is 1. The van der Waals surface area contributed by atoms with Crippen molar-refractivity contribution in [2.75, 3.05) is 19.0 Å². The van der Waals surface area contributed by atoms with Gasteiger partial charge in [-0.1, -0.05) is 0 Å². The van der Waals surface area contributed by atoms with Gasteiger partial charge in [0.05, 0.1) is 17.8 Å². The van der Waals surface area contributed by atoms with E-state index < -0.39 is 0 Å². The van der Waals surface area contributed by atoms with Crippen LogP contribution < -0.4 is 5.32 Å². The van der Waals surface area contributed by atoms with Crippen LogP contribution >= 0.6 is 11.8 Å². The third kappa shape index (κ3) is 4.44. The van der Waals surface area contributed by atoms with Gasteiger partial charge in [0.1, 0.15) is 5.76 Å². The molecule has 0 unspecified atom stereocenters. The number of hydrogen-bond acceptors (Lipinski definition) is 4. The minimum absolute atomic E-state index is 0.105. The van der Waals surface area contributed by atoms with Gasteiger partial charge in [0.15, 0.2) is 0 Å². The maximum atomic E-state index is 11.6. The van der Waals surface area contributed by atoms with Gasteiger partial charge in [0.2, 0.25) is 5.91 Å². The molecule has 94 valence electrons. The molecule has 0 radical (unpaired) electrons. The molecule has 2 heterocycles. The Balaban J connectivity index is 1.60. The maximum Gasteiger partial charge on any atom is 0.230 e. The van der Waals surface area contributed by atoms with Crippen LogP contribution in [0.5, 0.6) is 0 Å². The van der Waals surface area contributed by atoms with Gasteiger partial charge in [-0.05, 0) is 25.0 Å². The van der Waals surface area contributed by atoms with Gasteiger partial charge in [0.25, 0.3) is 0 Å². The average Bonchev–Trinajstić information content (AvgIpc) is 2.83. The Hall–Kier alpha value is -0.940. The number of amides is 1. The van der Waals surface area contributed by atoms with E-state index in [9.17, 15) is 4.79 Å². The van der Waals surface area contributed by atoms with E-state index in [1.165, 1.54) is 0 Å². The van der Waals surface area contributed by atoms with Crippen molar-refractivity contribution >= 4 is 17.7 Å². The van der Waals surface area contributed by atoms with Crippen molar-refractivity contribution in [1.82, 2.24) is 5.32 Å². The van der Waals surface area contributed by atoms with Crippen molar-refractivity contribution in [3.63, 3.8) is 0 Å². The minimum atomic E-state index is 0.105.